The summed E-state index contributed by atoms with van der Waals surface area (Å²) in [6, 6.07) is 8.94. The van der Waals surface area contributed by atoms with Gasteiger partial charge in [0.2, 0.25) is 0 Å². The van der Waals surface area contributed by atoms with Gasteiger partial charge in [-0.1, -0.05) is 18.2 Å². The van der Waals surface area contributed by atoms with E-state index in [4.69, 9.17) is 10.5 Å². The van der Waals surface area contributed by atoms with Crippen molar-refractivity contribution >= 4 is 5.97 Å². The monoisotopic (exact) mass is 273 g/mol. The zero-order valence-electron chi connectivity index (χ0n) is 12.0. The molecule has 2 rings (SSSR count). The van der Waals surface area contributed by atoms with Crippen LogP contribution in [0.15, 0.2) is 30.3 Å². The lowest BCUT2D eigenvalue weighted by atomic mass is 10.1. The van der Waals surface area contributed by atoms with Crippen LogP contribution in [0.25, 0.3) is 5.69 Å². The van der Waals surface area contributed by atoms with Crippen molar-refractivity contribution in [1.82, 2.24) is 9.78 Å². The minimum Gasteiger partial charge on any atom is -0.465 e. The number of esters is 1. The summed E-state index contributed by atoms with van der Waals surface area (Å²) < 4.78 is 6.78. The maximum atomic E-state index is 11.8. The Morgan fingerprint density at radius 3 is 2.60 bits per heavy atom. The third kappa shape index (κ3) is 2.58. The zero-order valence-corrected chi connectivity index (χ0v) is 12.0. The molecule has 0 spiro atoms. The highest BCUT2D eigenvalue weighted by Gasteiger charge is 2.25. The third-order valence-electron chi connectivity index (χ3n) is 3.20. The highest BCUT2D eigenvalue weighted by molar-refractivity contribution is 5.78. The first-order valence-corrected chi connectivity index (χ1v) is 6.60. The van der Waals surface area contributed by atoms with Crippen LogP contribution >= 0.6 is 0 Å². The van der Waals surface area contributed by atoms with Crippen molar-refractivity contribution in [3.8, 4) is 5.69 Å². The number of carbonyl (C=O) groups excluding carboxylic acids is 1. The van der Waals surface area contributed by atoms with Gasteiger partial charge in [-0.25, -0.2) is 9.48 Å². The molecule has 5 heteroatoms. The standard InChI is InChI=1S/C15H19N3O2/c1-4-20-15(19)14(16)13-10(2)17-18(11(13)3)12-8-6-5-7-9-12/h5-9,14H,4,16H2,1-3H3/t14-/m0/s1. The molecule has 1 heterocycles. The summed E-state index contributed by atoms with van der Waals surface area (Å²) in [4.78, 5) is 11.8. The first kappa shape index (κ1) is 14.3. The van der Waals surface area contributed by atoms with Crippen molar-refractivity contribution in [2.75, 3.05) is 6.61 Å². The number of nitrogens with two attached hydrogens (primary N) is 1. The second kappa shape index (κ2) is 5.88. The minimum atomic E-state index is -0.799. The number of aryl methyl sites for hydroxylation is 1. The number of para-hydroxylation sites is 1. The molecule has 5 nitrogen and oxygen atoms in total. The molecule has 0 aliphatic carbocycles. The number of carbonyl (C=O) groups is 1. The van der Waals surface area contributed by atoms with Gasteiger partial charge in [-0.3, -0.25) is 0 Å². The molecule has 106 valence electrons. The van der Waals surface area contributed by atoms with E-state index >= 15 is 0 Å². The molecule has 0 unspecified atom stereocenters. The van der Waals surface area contributed by atoms with Crippen molar-refractivity contribution < 1.29 is 9.53 Å². The van der Waals surface area contributed by atoms with E-state index in [1.54, 1.807) is 11.6 Å². The van der Waals surface area contributed by atoms with Gasteiger partial charge >= 0.3 is 5.97 Å². The van der Waals surface area contributed by atoms with E-state index in [0.29, 0.717) is 6.61 Å². The normalized spacial score (nSPS) is 12.2. The maximum absolute atomic E-state index is 11.8. The van der Waals surface area contributed by atoms with Crippen LogP contribution in [-0.4, -0.2) is 22.4 Å². The van der Waals surface area contributed by atoms with Crippen LogP contribution in [0.2, 0.25) is 0 Å². The molecule has 0 saturated carbocycles. The molecular weight excluding hydrogens is 254 g/mol. The van der Waals surface area contributed by atoms with Crippen LogP contribution in [0.4, 0.5) is 0 Å². The van der Waals surface area contributed by atoms with Gasteiger partial charge in [0.1, 0.15) is 6.04 Å². The van der Waals surface area contributed by atoms with Gasteiger partial charge in [-0.2, -0.15) is 5.10 Å². The smallest absolute Gasteiger partial charge is 0.327 e. The Kier molecular flexibility index (Phi) is 4.20. The fourth-order valence-electron chi connectivity index (χ4n) is 2.28. The number of nitrogens with zero attached hydrogens (tertiary/aromatic N) is 2. The Hall–Kier alpha value is -2.14. The molecule has 0 bridgehead atoms. The van der Waals surface area contributed by atoms with E-state index in [2.05, 4.69) is 5.10 Å². The number of benzene rings is 1. The van der Waals surface area contributed by atoms with Crippen molar-refractivity contribution in [3.05, 3.63) is 47.3 Å². The molecule has 0 aliphatic rings. The lowest BCUT2D eigenvalue weighted by molar-refractivity contribution is -0.144. The molecule has 0 fully saturated rings. The fraction of sp³-hybridized carbons (Fsp3) is 0.333. The number of ether oxygens (including phenoxy) is 1. The second-order valence-corrected chi connectivity index (χ2v) is 4.56. The molecule has 1 aromatic carbocycles. The highest BCUT2D eigenvalue weighted by atomic mass is 16.5. The molecule has 0 radical (unpaired) electrons. The molecule has 20 heavy (non-hydrogen) atoms. The molecule has 1 atom stereocenters. The van der Waals surface area contributed by atoms with Crippen molar-refractivity contribution in [2.45, 2.75) is 26.8 Å². The van der Waals surface area contributed by atoms with Gasteiger partial charge < -0.3 is 10.5 Å². The van der Waals surface area contributed by atoms with Gasteiger partial charge in [0.15, 0.2) is 0 Å². The number of rotatable bonds is 4. The van der Waals surface area contributed by atoms with Crippen LogP contribution in [0, 0.1) is 13.8 Å². The fourth-order valence-corrected chi connectivity index (χ4v) is 2.28. The van der Waals surface area contributed by atoms with E-state index in [9.17, 15) is 4.79 Å². The summed E-state index contributed by atoms with van der Waals surface area (Å²) in [5.74, 6) is -0.425. The molecule has 1 aromatic heterocycles. The van der Waals surface area contributed by atoms with Crippen LogP contribution < -0.4 is 5.73 Å². The Labute approximate surface area is 118 Å². The van der Waals surface area contributed by atoms with Crippen LogP contribution in [0.5, 0.6) is 0 Å². The Morgan fingerprint density at radius 2 is 2.00 bits per heavy atom. The van der Waals surface area contributed by atoms with Crippen LogP contribution in [0.3, 0.4) is 0 Å². The minimum absolute atomic E-state index is 0.317. The summed E-state index contributed by atoms with van der Waals surface area (Å²) >= 11 is 0. The second-order valence-electron chi connectivity index (χ2n) is 4.56. The van der Waals surface area contributed by atoms with Crippen molar-refractivity contribution in [3.63, 3.8) is 0 Å². The molecule has 0 aliphatic heterocycles. The molecule has 2 N–H and O–H groups in total. The summed E-state index contributed by atoms with van der Waals surface area (Å²) in [6.45, 7) is 5.83. The average Bonchev–Trinajstić information content (AvgIpc) is 2.74. The van der Waals surface area contributed by atoms with Gasteiger partial charge in [0, 0.05) is 11.3 Å². The first-order chi connectivity index (χ1) is 9.56. The molecular formula is C15H19N3O2. The van der Waals surface area contributed by atoms with Crippen molar-refractivity contribution in [1.29, 1.82) is 0 Å². The van der Waals surface area contributed by atoms with Crippen molar-refractivity contribution in [2.24, 2.45) is 5.73 Å². The zero-order chi connectivity index (χ0) is 14.7. The predicted molar refractivity (Wildman–Crippen MR) is 76.6 cm³/mol. The Balaban J connectivity index is 2.42. The lowest BCUT2D eigenvalue weighted by Gasteiger charge is -2.11. The SMILES string of the molecule is CCOC(=O)[C@@H](N)c1c(C)nn(-c2ccccc2)c1C. The van der Waals surface area contributed by atoms with E-state index in [1.807, 2.05) is 44.2 Å². The van der Waals surface area contributed by atoms with Gasteiger partial charge in [0.25, 0.3) is 0 Å². The van der Waals surface area contributed by atoms with E-state index in [0.717, 1.165) is 22.6 Å². The summed E-state index contributed by atoms with van der Waals surface area (Å²) in [5, 5.41) is 4.47. The third-order valence-corrected chi connectivity index (χ3v) is 3.20. The van der Waals surface area contributed by atoms with E-state index in [-0.39, 0.29) is 0 Å². The molecule has 0 saturated heterocycles. The summed E-state index contributed by atoms with van der Waals surface area (Å²) in [6.07, 6.45) is 0. The number of hydrogen-bond donors (Lipinski definition) is 1. The predicted octanol–water partition coefficient (Wildman–Crippen LogP) is 2.05. The summed E-state index contributed by atoms with van der Waals surface area (Å²) in [5.41, 5.74) is 9.26. The number of aromatic nitrogens is 2. The van der Waals surface area contributed by atoms with E-state index < -0.39 is 12.0 Å². The molecule has 0 amide bonds. The van der Waals surface area contributed by atoms with Gasteiger partial charge in [0.05, 0.1) is 18.0 Å². The Bertz CT molecular complexity index is 605. The first-order valence-electron chi connectivity index (χ1n) is 6.60. The summed E-state index contributed by atoms with van der Waals surface area (Å²) in [7, 11) is 0. The van der Waals surface area contributed by atoms with Crippen LogP contribution in [-0.2, 0) is 9.53 Å². The molecule has 2 aromatic rings. The maximum Gasteiger partial charge on any atom is 0.327 e. The number of hydrogen-bond acceptors (Lipinski definition) is 4. The van der Waals surface area contributed by atoms with Crippen LogP contribution in [0.1, 0.15) is 29.9 Å². The topological polar surface area (TPSA) is 70.1 Å². The van der Waals surface area contributed by atoms with E-state index in [1.165, 1.54) is 0 Å². The van der Waals surface area contributed by atoms with Gasteiger partial charge in [-0.15, -0.1) is 0 Å². The lowest BCUT2D eigenvalue weighted by Crippen LogP contribution is -2.24. The largest absolute Gasteiger partial charge is 0.465 e. The Morgan fingerprint density at radius 1 is 1.35 bits per heavy atom. The quantitative estimate of drug-likeness (QED) is 0.866. The highest BCUT2D eigenvalue weighted by Crippen LogP contribution is 2.23. The van der Waals surface area contributed by atoms with Gasteiger partial charge in [-0.05, 0) is 32.9 Å². The average molecular weight is 273 g/mol.